The second kappa shape index (κ2) is 12.8. The zero-order valence-electron chi connectivity index (χ0n) is 25.6. The maximum Gasteiger partial charge on any atom is 0.330 e. The Morgan fingerprint density at radius 2 is 1.71 bits per heavy atom. The minimum absolute atomic E-state index is 0.225. The third-order valence-electron chi connectivity index (χ3n) is 7.35. The number of benzene rings is 3. The Hall–Kier alpha value is -5.91. The lowest BCUT2D eigenvalue weighted by Crippen LogP contribution is -2.46. The van der Waals surface area contributed by atoms with Gasteiger partial charge in [0.05, 0.1) is 32.0 Å². The van der Waals surface area contributed by atoms with Gasteiger partial charge in [-0.1, -0.05) is 18.7 Å². The Bertz CT molecular complexity index is 1820. The fourth-order valence-electron chi connectivity index (χ4n) is 4.87. The van der Waals surface area contributed by atoms with Crippen LogP contribution in [0, 0.1) is 13.8 Å². The summed E-state index contributed by atoms with van der Waals surface area (Å²) in [5.74, 6) is 0.984. The fraction of sp³-hybridized carbons (Fsp3) is 0.182. The van der Waals surface area contributed by atoms with Crippen LogP contribution in [0.1, 0.15) is 27.0 Å². The second-order valence-electron chi connectivity index (χ2n) is 10.3. The summed E-state index contributed by atoms with van der Waals surface area (Å²) in [6.07, 6.45) is 2.88. The lowest BCUT2D eigenvalue weighted by atomic mass is 10.1. The molecule has 1 aliphatic heterocycles. The van der Waals surface area contributed by atoms with Gasteiger partial charge >= 0.3 is 6.03 Å². The number of amides is 4. The zero-order valence-corrected chi connectivity index (χ0v) is 25.6. The van der Waals surface area contributed by atoms with Crippen molar-refractivity contribution in [1.82, 2.24) is 9.97 Å². The van der Waals surface area contributed by atoms with Gasteiger partial charge < -0.3 is 25.4 Å². The number of nitrogens with one attached hydrogen (secondary N) is 3. The van der Waals surface area contributed by atoms with E-state index in [-0.39, 0.29) is 24.4 Å². The normalized spacial score (nSPS) is 12.2. The minimum Gasteiger partial charge on any atom is -0.497 e. The monoisotopic (exact) mass is 607 g/mol. The van der Waals surface area contributed by atoms with Gasteiger partial charge in [0.1, 0.15) is 17.3 Å². The molecule has 4 aromatic rings. The first kappa shape index (κ1) is 30.5. The largest absolute Gasteiger partial charge is 0.497 e. The highest BCUT2D eigenvalue weighted by Gasteiger charge is 2.32. The van der Waals surface area contributed by atoms with Gasteiger partial charge in [-0.3, -0.25) is 19.4 Å². The van der Waals surface area contributed by atoms with E-state index in [2.05, 4.69) is 32.5 Å². The molecule has 2 heterocycles. The summed E-state index contributed by atoms with van der Waals surface area (Å²) < 4.78 is 10.6. The number of fused-ring (bicyclic) bond motifs is 1. The van der Waals surface area contributed by atoms with Gasteiger partial charge in [0, 0.05) is 35.9 Å². The number of urea groups is 1. The average Bonchev–Trinajstić information content (AvgIpc) is 3.05. The van der Waals surface area contributed by atoms with E-state index in [1.165, 1.54) is 25.2 Å². The molecule has 230 valence electrons. The lowest BCUT2D eigenvalue weighted by Gasteiger charge is -2.35. The number of hydrogen-bond acceptors (Lipinski definition) is 8. The number of aromatic nitrogens is 2. The predicted octanol–water partition coefficient (Wildman–Crippen LogP) is 5.81. The molecule has 3 aromatic carbocycles. The molecule has 5 rings (SSSR count). The van der Waals surface area contributed by atoms with Gasteiger partial charge in [-0.2, -0.15) is 4.98 Å². The Labute approximate surface area is 260 Å². The van der Waals surface area contributed by atoms with E-state index in [4.69, 9.17) is 9.47 Å². The van der Waals surface area contributed by atoms with Gasteiger partial charge in [0.25, 0.3) is 5.91 Å². The quantitative estimate of drug-likeness (QED) is 0.203. The molecular formula is C33H33N7O5. The molecule has 0 fully saturated rings. The average molecular weight is 608 g/mol. The summed E-state index contributed by atoms with van der Waals surface area (Å²) in [5.41, 5.74) is 5.19. The van der Waals surface area contributed by atoms with E-state index in [0.29, 0.717) is 51.6 Å². The highest BCUT2D eigenvalue weighted by molar-refractivity contribution is 6.08. The molecule has 12 heteroatoms. The number of ether oxygens (including phenoxy) is 2. The van der Waals surface area contributed by atoms with E-state index in [1.54, 1.807) is 54.5 Å². The molecular weight excluding hydrogens is 574 g/mol. The third-order valence-corrected chi connectivity index (χ3v) is 7.35. The summed E-state index contributed by atoms with van der Waals surface area (Å²) in [6.45, 7) is 7.49. The van der Waals surface area contributed by atoms with Crippen molar-refractivity contribution in [3.63, 3.8) is 0 Å². The smallest absolute Gasteiger partial charge is 0.330 e. The molecule has 0 saturated heterocycles. The Morgan fingerprint density at radius 3 is 2.44 bits per heavy atom. The summed E-state index contributed by atoms with van der Waals surface area (Å²) in [6, 6.07) is 15.5. The van der Waals surface area contributed by atoms with Gasteiger partial charge in [-0.25, -0.2) is 9.78 Å². The van der Waals surface area contributed by atoms with Crippen LogP contribution in [0.3, 0.4) is 0 Å². The number of aryl methyl sites for hydroxylation is 2. The highest BCUT2D eigenvalue weighted by atomic mass is 16.5. The first-order valence-corrected chi connectivity index (χ1v) is 14.0. The number of nitrogens with zero attached hydrogens (tertiary/aromatic N) is 4. The minimum atomic E-state index is -0.384. The SMILES string of the molecule is C=CC(=O)Nc1cc(Nc2ncc3c(n2)N(C)C(=O)N(c2cc(NC(=O)c4cc(OC)ccc4OC)ccc2C)C3)ccc1C. The Morgan fingerprint density at radius 1 is 0.956 bits per heavy atom. The van der Waals surface area contributed by atoms with Crippen molar-refractivity contribution >= 4 is 52.4 Å². The number of hydrogen-bond donors (Lipinski definition) is 3. The highest BCUT2D eigenvalue weighted by Crippen LogP contribution is 2.34. The molecule has 0 saturated carbocycles. The fourth-order valence-corrected chi connectivity index (χ4v) is 4.87. The van der Waals surface area contributed by atoms with Gasteiger partial charge in [0.15, 0.2) is 0 Å². The van der Waals surface area contributed by atoms with Gasteiger partial charge in [-0.05, 0) is 73.5 Å². The molecule has 1 aromatic heterocycles. The predicted molar refractivity (Wildman–Crippen MR) is 174 cm³/mol. The second-order valence-corrected chi connectivity index (χ2v) is 10.3. The van der Waals surface area contributed by atoms with E-state index in [9.17, 15) is 14.4 Å². The van der Waals surface area contributed by atoms with Crippen LogP contribution in [0.15, 0.2) is 73.4 Å². The van der Waals surface area contributed by atoms with Crippen molar-refractivity contribution in [3.05, 3.63) is 95.7 Å². The van der Waals surface area contributed by atoms with Crippen molar-refractivity contribution in [2.75, 3.05) is 47.0 Å². The third kappa shape index (κ3) is 6.39. The van der Waals surface area contributed by atoms with E-state index >= 15 is 0 Å². The summed E-state index contributed by atoms with van der Waals surface area (Å²) in [7, 11) is 4.66. The van der Waals surface area contributed by atoms with Crippen molar-refractivity contribution in [3.8, 4) is 11.5 Å². The molecule has 12 nitrogen and oxygen atoms in total. The molecule has 0 atom stereocenters. The number of methoxy groups -OCH3 is 2. The molecule has 0 unspecified atom stereocenters. The van der Waals surface area contributed by atoms with Gasteiger partial charge in [0.2, 0.25) is 11.9 Å². The van der Waals surface area contributed by atoms with Crippen molar-refractivity contribution < 1.29 is 23.9 Å². The first-order valence-electron chi connectivity index (χ1n) is 14.0. The number of anilines is 6. The van der Waals surface area contributed by atoms with Crippen molar-refractivity contribution in [2.24, 2.45) is 0 Å². The van der Waals surface area contributed by atoms with Crippen molar-refractivity contribution in [2.45, 2.75) is 20.4 Å². The number of rotatable bonds is 9. The molecule has 0 aliphatic carbocycles. The van der Waals surface area contributed by atoms with Crippen LogP contribution in [0.25, 0.3) is 0 Å². The summed E-state index contributed by atoms with van der Waals surface area (Å²) >= 11 is 0. The van der Waals surface area contributed by atoms with Crippen LogP contribution in [0.5, 0.6) is 11.5 Å². The first-order chi connectivity index (χ1) is 21.6. The van der Waals surface area contributed by atoms with E-state index in [1.807, 2.05) is 32.0 Å². The number of carbonyl (C=O) groups excluding carboxylic acids is 3. The maximum absolute atomic E-state index is 13.6. The number of carbonyl (C=O) groups is 3. The molecule has 45 heavy (non-hydrogen) atoms. The maximum atomic E-state index is 13.6. The molecule has 0 spiro atoms. The van der Waals surface area contributed by atoms with Crippen LogP contribution in [-0.2, 0) is 11.3 Å². The summed E-state index contributed by atoms with van der Waals surface area (Å²) in [5, 5.41) is 8.82. The molecule has 1 aliphatic rings. The van der Waals surface area contributed by atoms with Crippen LogP contribution < -0.4 is 35.2 Å². The molecule has 3 N–H and O–H groups in total. The Kier molecular flexibility index (Phi) is 8.66. The van der Waals surface area contributed by atoms with E-state index in [0.717, 1.165) is 16.7 Å². The van der Waals surface area contributed by atoms with Crippen LogP contribution >= 0.6 is 0 Å². The zero-order chi connectivity index (χ0) is 32.2. The summed E-state index contributed by atoms with van der Waals surface area (Å²) in [4.78, 5) is 50.8. The molecule has 0 radical (unpaired) electrons. The lowest BCUT2D eigenvalue weighted by molar-refractivity contribution is -0.111. The van der Waals surface area contributed by atoms with Gasteiger partial charge in [-0.15, -0.1) is 0 Å². The van der Waals surface area contributed by atoms with Crippen molar-refractivity contribution in [1.29, 1.82) is 0 Å². The molecule has 4 amide bonds. The van der Waals surface area contributed by atoms with Crippen LogP contribution in [-0.4, -0.2) is 49.1 Å². The Balaban J connectivity index is 1.37. The topological polar surface area (TPSA) is 138 Å². The van der Waals surface area contributed by atoms with Crippen LogP contribution in [0.4, 0.5) is 39.3 Å². The molecule has 0 bridgehead atoms. The standard InChI is InChI=1S/C33H33N7O5/c1-7-29(41)37-26-14-22(10-8-19(26)2)36-32-34-17-21-18-40(33(43)39(4)30(21)38-32)27-15-23(11-9-20(27)3)35-31(42)25-16-24(44-5)12-13-28(25)45-6/h7-17H,1,18H2,2-6H3,(H,35,42)(H,37,41)(H,34,36,38). The van der Waals surface area contributed by atoms with Crippen LogP contribution in [0.2, 0.25) is 0 Å². The van der Waals surface area contributed by atoms with E-state index < -0.39 is 0 Å².